The molecule has 0 aliphatic carbocycles. The van der Waals surface area contributed by atoms with Crippen molar-refractivity contribution in [1.82, 2.24) is 9.97 Å². The number of rotatable bonds is 2. The number of nitrogens with zero attached hydrogens (tertiary/aromatic N) is 2. The number of phenols is 1. The van der Waals surface area contributed by atoms with Crippen LogP contribution in [0, 0.1) is 6.92 Å². The lowest BCUT2D eigenvalue weighted by Crippen LogP contribution is -1.92. The molecule has 0 atom stereocenters. The molecule has 19 heavy (non-hydrogen) atoms. The van der Waals surface area contributed by atoms with Gasteiger partial charge in [-0.05, 0) is 42.0 Å². The predicted molar refractivity (Wildman–Crippen MR) is 72.5 cm³/mol. The van der Waals surface area contributed by atoms with Crippen LogP contribution >= 0.6 is 0 Å². The molecule has 4 nitrogen and oxygen atoms in total. The van der Waals surface area contributed by atoms with Crippen molar-refractivity contribution in [2.45, 2.75) is 6.92 Å². The molecule has 2 aromatic carbocycles. The molecular formula is C15H12N2O2. The summed E-state index contributed by atoms with van der Waals surface area (Å²) in [7, 11) is 0. The van der Waals surface area contributed by atoms with Crippen LogP contribution in [-0.2, 0) is 0 Å². The Labute approximate surface area is 110 Å². The molecule has 4 heteroatoms. The van der Waals surface area contributed by atoms with E-state index in [4.69, 9.17) is 4.74 Å². The monoisotopic (exact) mass is 252 g/mol. The highest BCUT2D eigenvalue weighted by Crippen LogP contribution is 2.27. The number of hydrogen-bond donors (Lipinski definition) is 1. The number of aromatic hydroxyl groups is 1. The molecule has 1 N–H and O–H groups in total. The lowest BCUT2D eigenvalue weighted by Gasteiger charge is -2.07. The Kier molecular flexibility index (Phi) is 2.76. The molecule has 0 spiro atoms. The molecule has 0 saturated carbocycles. The second-order valence-electron chi connectivity index (χ2n) is 4.24. The molecule has 0 radical (unpaired) electrons. The van der Waals surface area contributed by atoms with E-state index in [1.807, 2.05) is 31.2 Å². The zero-order chi connectivity index (χ0) is 13.2. The fourth-order valence-corrected chi connectivity index (χ4v) is 1.88. The SMILES string of the molecule is Cc1nccnc1Oc1ccc2ccc(O)cc2c1. The highest BCUT2D eigenvalue weighted by molar-refractivity contribution is 5.85. The minimum absolute atomic E-state index is 0.236. The van der Waals surface area contributed by atoms with Crippen LogP contribution < -0.4 is 4.74 Å². The van der Waals surface area contributed by atoms with Crippen molar-refractivity contribution in [3.8, 4) is 17.4 Å². The number of aryl methyl sites for hydroxylation is 1. The van der Waals surface area contributed by atoms with Crippen molar-refractivity contribution >= 4 is 10.8 Å². The molecule has 94 valence electrons. The van der Waals surface area contributed by atoms with Crippen molar-refractivity contribution in [2.75, 3.05) is 0 Å². The highest BCUT2D eigenvalue weighted by Gasteiger charge is 2.04. The predicted octanol–water partition coefficient (Wildman–Crippen LogP) is 3.44. The Balaban J connectivity index is 2.00. The van der Waals surface area contributed by atoms with Gasteiger partial charge in [0.2, 0.25) is 5.88 Å². The zero-order valence-electron chi connectivity index (χ0n) is 10.4. The number of aromatic nitrogens is 2. The minimum Gasteiger partial charge on any atom is -0.508 e. The second kappa shape index (κ2) is 4.57. The van der Waals surface area contributed by atoms with E-state index >= 15 is 0 Å². The van der Waals surface area contributed by atoms with E-state index in [1.165, 1.54) is 0 Å². The van der Waals surface area contributed by atoms with Gasteiger partial charge in [0.05, 0.1) is 5.69 Å². The zero-order valence-corrected chi connectivity index (χ0v) is 10.4. The summed E-state index contributed by atoms with van der Waals surface area (Å²) in [6.45, 7) is 1.84. The van der Waals surface area contributed by atoms with Crippen molar-refractivity contribution in [3.05, 3.63) is 54.5 Å². The van der Waals surface area contributed by atoms with Gasteiger partial charge in [0.15, 0.2) is 0 Å². The lowest BCUT2D eigenvalue weighted by atomic mass is 10.1. The molecule has 0 aliphatic heterocycles. The standard InChI is InChI=1S/C15H12N2O2/c1-10-15(17-7-6-16-10)19-14-5-3-11-2-4-13(18)8-12(11)9-14/h2-9,18H,1H3. The largest absolute Gasteiger partial charge is 0.508 e. The van der Waals surface area contributed by atoms with E-state index in [2.05, 4.69) is 9.97 Å². The Morgan fingerprint density at radius 2 is 1.74 bits per heavy atom. The Morgan fingerprint density at radius 3 is 2.58 bits per heavy atom. The first kappa shape index (κ1) is 11.5. The Morgan fingerprint density at radius 1 is 0.947 bits per heavy atom. The van der Waals surface area contributed by atoms with Crippen molar-refractivity contribution in [1.29, 1.82) is 0 Å². The summed E-state index contributed by atoms with van der Waals surface area (Å²) in [6.07, 6.45) is 3.22. The molecular weight excluding hydrogens is 240 g/mol. The average molecular weight is 252 g/mol. The van der Waals surface area contributed by atoms with Crippen molar-refractivity contribution in [2.24, 2.45) is 0 Å². The molecule has 1 heterocycles. The Hall–Kier alpha value is -2.62. The topological polar surface area (TPSA) is 55.2 Å². The van der Waals surface area contributed by atoms with E-state index in [0.29, 0.717) is 11.6 Å². The van der Waals surface area contributed by atoms with E-state index in [-0.39, 0.29) is 5.75 Å². The Bertz CT molecular complexity index is 741. The van der Waals surface area contributed by atoms with Gasteiger partial charge in [0.25, 0.3) is 0 Å². The van der Waals surface area contributed by atoms with Gasteiger partial charge < -0.3 is 9.84 Å². The molecule has 0 fully saturated rings. The fourth-order valence-electron chi connectivity index (χ4n) is 1.88. The van der Waals surface area contributed by atoms with Crippen LogP contribution in [0.25, 0.3) is 10.8 Å². The highest BCUT2D eigenvalue weighted by atomic mass is 16.5. The maximum Gasteiger partial charge on any atom is 0.240 e. The molecule has 1 aromatic heterocycles. The molecule has 0 saturated heterocycles. The smallest absolute Gasteiger partial charge is 0.240 e. The van der Waals surface area contributed by atoms with E-state index in [1.54, 1.807) is 24.5 Å². The third-order valence-electron chi connectivity index (χ3n) is 2.85. The third-order valence-corrected chi connectivity index (χ3v) is 2.85. The normalized spacial score (nSPS) is 10.6. The molecule has 0 amide bonds. The van der Waals surface area contributed by atoms with Gasteiger partial charge in [-0.25, -0.2) is 4.98 Å². The van der Waals surface area contributed by atoms with Gasteiger partial charge in [-0.2, -0.15) is 0 Å². The number of fused-ring (bicyclic) bond motifs is 1. The first-order valence-electron chi connectivity index (χ1n) is 5.90. The average Bonchev–Trinajstić information content (AvgIpc) is 2.41. The van der Waals surface area contributed by atoms with Crippen molar-refractivity contribution in [3.63, 3.8) is 0 Å². The molecule has 3 aromatic rings. The van der Waals surface area contributed by atoms with Crippen LogP contribution in [0.2, 0.25) is 0 Å². The maximum absolute atomic E-state index is 9.49. The maximum atomic E-state index is 9.49. The van der Waals surface area contributed by atoms with Gasteiger partial charge in [-0.15, -0.1) is 0 Å². The van der Waals surface area contributed by atoms with E-state index in [9.17, 15) is 5.11 Å². The van der Waals surface area contributed by atoms with E-state index < -0.39 is 0 Å². The van der Waals surface area contributed by atoms with Gasteiger partial charge in [-0.1, -0.05) is 12.1 Å². The number of hydrogen-bond acceptors (Lipinski definition) is 4. The van der Waals surface area contributed by atoms with Crippen LogP contribution in [0.4, 0.5) is 0 Å². The molecule has 0 unspecified atom stereocenters. The lowest BCUT2D eigenvalue weighted by molar-refractivity contribution is 0.456. The summed E-state index contributed by atoms with van der Waals surface area (Å²) in [5.41, 5.74) is 0.735. The fraction of sp³-hybridized carbons (Fsp3) is 0.0667. The summed E-state index contributed by atoms with van der Waals surface area (Å²) in [6, 6.07) is 10.9. The van der Waals surface area contributed by atoms with Crippen molar-refractivity contribution < 1.29 is 9.84 Å². The number of ether oxygens (including phenoxy) is 1. The number of phenolic OH excluding ortho intramolecular Hbond substituents is 1. The molecule has 3 rings (SSSR count). The summed E-state index contributed by atoms with van der Waals surface area (Å²) in [4.78, 5) is 8.26. The second-order valence-corrected chi connectivity index (χ2v) is 4.24. The summed E-state index contributed by atoms with van der Waals surface area (Å²) < 4.78 is 5.70. The van der Waals surface area contributed by atoms with Crippen LogP contribution in [0.1, 0.15) is 5.69 Å². The van der Waals surface area contributed by atoms with Gasteiger partial charge in [0, 0.05) is 12.4 Å². The molecule has 0 aliphatic rings. The number of benzene rings is 2. The van der Waals surface area contributed by atoms with Gasteiger partial charge in [-0.3, -0.25) is 4.98 Å². The third kappa shape index (κ3) is 2.33. The van der Waals surface area contributed by atoms with Crippen LogP contribution in [0.15, 0.2) is 48.8 Å². The van der Waals surface area contributed by atoms with Crippen LogP contribution in [-0.4, -0.2) is 15.1 Å². The summed E-state index contributed by atoms with van der Waals surface area (Å²) in [5.74, 6) is 1.39. The van der Waals surface area contributed by atoms with Gasteiger partial charge >= 0.3 is 0 Å². The quantitative estimate of drug-likeness (QED) is 0.759. The first-order chi connectivity index (χ1) is 9.22. The van der Waals surface area contributed by atoms with Gasteiger partial charge in [0.1, 0.15) is 11.5 Å². The van der Waals surface area contributed by atoms with Crippen LogP contribution in [0.3, 0.4) is 0 Å². The minimum atomic E-state index is 0.236. The van der Waals surface area contributed by atoms with Crippen LogP contribution in [0.5, 0.6) is 17.4 Å². The molecule has 0 bridgehead atoms. The first-order valence-corrected chi connectivity index (χ1v) is 5.90. The van der Waals surface area contributed by atoms with E-state index in [0.717, 1.165) is 16.5 Å². The summed E-state index contributed by atoms with van der Waals surface area (Å²) in [5, 5.41) is 11.5. The summed E-state index contributed by atoms with van der Waals surface area (Å²) >= 11 is 0.